The molecule has 1 aliphatic rings. The third kappa shape index (κ3) is 3.65. The molecule has 0 fully saturated rings. The highest BCUT2D eigenvalue weighted by molar-refractivity contribution is 7.14. The van der Waals surface area contributed by atoms with E-state index in [4.69, 9.17) is 9.47 Å². The first-order chi connectivity index (χ1) is 14.2. The van der Waals surface area contributed by atoms with E-state index in [-0.39, 0.29) is 19.2 Å². The minimum atomic E-state index is -0.284. The van der Waals surface area contributed by atoms with Gasteiger partial charge in [0.05, 0.1) is 5.69 Å². The van der Waals surface area contributed by atoms with E-state index in [1.807, 2.05) is 53.9 Å². The molecule has 0 bridgehead atoms. The Kier molecular flexibility index (Phi) is 4.37. The van der Waals surface area contributed by atoms with E-state index in [9.17, 15) is 4.79 Å². The van der Waals surface area contributed by atoms with Crippen LogP contribution >= 0.6 is 11.3 Å². The van der Waals surface area contributed by atoms with Crippen molar-refractivity contribution in [2.75, 3.05) is 12.1 Å². The molecule has 1 amide bonds. The van der Waals surface area contributed by atoms with Crippen molar-refractivity contribution in [2.45, 2.75) is 6.54 Å². The van der Waals surface area contributed by atoms with Gasteiger partial charge in [0.1, 0.15) is 6.54 Å². The minimum Gasteiger partial charge on any atom is -0.454 e. The summed E-state index contributed by atoms with van der Waals surface area (Å²) in [5, 5.41) is 17.3. The predicted molar refractivity (Wildman–Crippen MR) is 106 cm³/mol. The van der Waals surface area contributed by atoms with Gasteiger partial charge in [-0.3, -0.25) is 4.79 Å². The van der Waals surface area contributed by atoms with Gasteiger partial charge in [0.25, 0.3) is 0 Å². The number of anilines is 1. The number of aromatic nitrogens is 5. The summed E-state index contributed by atoms with van der Waals surface area (Å²) in [5.74, 6) is 1.59. The van der Waals surface area contributed by atoms with Gasteiger partial charge in [-0.25, -0.2) is 4.98 Å². The highest BCUT2D eigenvalue weighted by atomic mass is 32.1. The highest BCUT2D eigenvalue weighted by Gasteiger charge is 2.16. The molecule has 5 rings (SSSR count). The first-order valence-electron chi connectivity index (χ1n) is 8.73. The molecule has 9 nitrogen and oxygen atoms in total. The van der Waals surface area contributed by atoms with E-state index in [1.165, 1.54) is 16.1 Å². The van der Waals surface area contributed by atoms with Crippen LogP contribution in [0.25, 0.3) is 22.6 Å². The van der Waals surface area contributed by atoms with Gasteiger partial charge in [0, 0.05) is 16.5 Å². The van der Waals surface area contributed by atoms with E-state index in [0.29, 0.717) is 22.5 Å². The third-order valence-corrected chi connectivity index (χ3v) is 4.95. The summed E-state index contributed by atoms with van der Waals surface area (Å²) >= 11 is 1.34. The zero-order valence-electron chi connectivity index (χ0n) is 15.0. The van der Waals surface area contributed by atoms with Crippen molar-refractivity contribution in [3.8, 4) is 34.1 Å². The van der Waals surface area contributed by atoms with Crippen LogP contribution in [0.1, 0.15) is 0 Å². The third-order valence-electron chi connectivity index (χ3n) is 4.19. The molecule has 2 aromatic heterocycles. The monoisotopic (exact) mass is 406 g/mol. The van der Waals surface area contributed by atoms with Crippen LogP contribution in [0.2, 0.25) is 0 Å². The van der Waals surface area contributed by atoms with Crippen molar-refractivity contribution in [2.24, 2.45) is 0 Å². The average molecular weight is 406 g/mol. The molecule has 0 unspecified atom stereocenters. The lowest BCUT2D eigenvalue weighted by atomic mass is 10.1. The number of tetrazole rings is 1. The molecule has 1 N–H and O–H groups in total. The zero-order valence-corrected chi connectivity index (χ0v) is 15.8. The molecule has 144 valence electrons. The summed E-state index contributed by atoms with van der Waals surface area (Å²) in [4.78, 5) is 18.0. The van der Waals surface area contributed by atoms with Gasteiger partial charge in [-0.15, -0.1) is 21.5 Å². The summed E-state index contributed by atoms with van der Waals surface area (Å²) in [6, 6.07) is 15.1. The Hall–Kier alpha value is -3.79. The van der Waals surface area contributed by atoms with E-state index in [2.05, 4.69) is 25.7 Å². The van der Waals surface area contributed by atoms with Crippen LogP contribution in [0.15, 0.2) is 53.9 Å². The van der Waals surface area contributed by atoms with Crippen molar-refractivity contribution >= 4 is 22.4 Å². The van der Waals surface area contributed by atoms with Crippen LogP contribution in [0.3, 0.4) is 0 Å². The lowest BCUT2D eigenvalue weighted by Crippen LogP contribution is -2.20. The largest absolute Gasteiger partial charge is 0.454 e. The topological polar surface area (TPSA) is 104 Å². The number of rotatable bonds is 5. The smallest absolute Gasteiger partial charge is 0.249 e. The average Bonchev–Trinajstić information content (AvgIpc) is 3.49. The SMILES string of the molecule is O=C(Cn1nnc(-c2ccccc2)n1)Nc1nc(-c2ccc3c(c2)OCO3)cs1. The Bertz CT molecular complexity index is 1170. The van der Waals surface area contributed by atoms with Crippen LogP contribution < -0.4 is 14.8 Å². The zero-order chi connectivity index (χ0) is 19.6. The van der Waals surface area contributed by atoms with Gasteiger partial charge in [-0.2, -0.15) is 4.80 Å². The summed E-state index contributed by atoms with van der Waals surface area (Å²) in [6.07, 6.45) is 0. The van der Waals surface area contributed by atoms with Gasteiger partial charge >= 0.3 is 0 Å². The minimum absolute atomic E-state index is 0.0568. The van der Waals surface area contributed by atoms with Gasteiger partial charge in [-0.05, 0) is 23.4 Å². The number of carbonyl (C=O) groups is 1. The second-order valence-corrected chi connectivity index (χ2v) is 7.02. The maximum absolute atomic E-state index is 12.3. The standard InChI is InChI=1S/C19H14N6O3S/c26-17(9-25-23-18(22-24-25)12-4-2-1-3-5-12)21-19-20-14(10-29-19)13-6-7-15-16(8-13)28-11-27-15/h1-8,10H,9,11H2,(H,20,21,26). The second-order valence-electron chi connectivity index (χ2n) is 6.16. The molecule has 0 aliphatic carbocycles. The first-order valence-corrected chi connectivity index (χ1v) is 9.61. The number of hydrogen-bond donors (Lipinski definition) is 1. The van der Waals surface area contributed by atoms with Crippen molar-refractivity contribution in [1.82, 2.24) is 25.2 Å². The number of nitrogens with one attached hydrogen (secondary N) is 1. The fraction of sp³-hybridized carbons (Fsp3) is 0.105. The number of amides is 1. The Morgan fingerprint density at radius 2 is 1.97 bits per heavy atom. The number of carbonyl (C=O) groups excluding carboxylic acids is 1. The number of hydrogen-bond acceptors (Lipinski definition) is 8. The summed E-state index contributed by atoms with van der Waals surface area (Å²) < 4.78 is 10.7. The van der Waals surface area contributed by atoms with Crippen LogP contribution in [-0.4, -0.2) is 37.9 Å². The van der Waals surface area contributed by atoms with Gasteiger partial charge in [0.15, 0.2) is 16.6 Å². The maximum atomic E-state index is 12.3. The first kappa shape index (κ1) is 17.3. The van der Waals surface area contributed by atoms with Gasteiger partial charge in [0.2, 0.25) is 18.5 Å². The van der Waals surface area contributed by atoms with Crippen molar-refractivity contribution in [1.29, 1.82) is 0 Å². The highest BCUT2D eigenvalue weighted by Crippen LogP contribution is 2.36. The van der Waals surface area contributed by atoms with Crippen LogP contribution in [-0.2, 0) is 11.3 Å². The molecule has 0 saturated carbocycles. The Labute approximate surface area is 168 Å². The lowest BCUT2D eigenvalue weighted by Gasteiger charge is -2.01. The Morgan fingerprint density at radius 3 is 2.86 bits per heavy atom. The fourth-order valence-corrected chi connectivity index (χ4v) is 3.56. The fourth-order valence-electron chi connectivity index (χ4n) is 2.82. The van der Waals surface area contributed by atoms with Crippen LogP contribution in [0.4, 0.5) is 5.13 Å². The molecular formula is C19H14N6O3S. The number of fused-ring (bicyclic) bond motifs is 1. The molecule has 3 heterocycles. The molecule has 0 saturated heterocycles. The lowest BCUT2D eigenvalue weighted by molar-refractivity contribution is -0.117. The molecular weight excluding hydrogens is 392 g/mol. The predicted octanol–water partition coefficient (Wildman–Crippen LogP) is 2.83. The van der Waals surface area contributed by atoms with Crippen LogP contribution in [0.5, 0.6) is 11.5 Å². The van der Waals surface area contributed by atoms with Crippen molar-refractivity contribution < 1.29 is 14.3 Å². The number of benzene rings is 2. The molecule has 0 spiro atoms. The molecule has 10 heteroatoms. The molecule has 1 aliphatic heterocycles. The number of thiazole rings is 1. The van der Waals surface area contributed by atoms with E-state index in [1.54, 1.807) is 0 Å². The quantitative estimate of drug-likeness (QED) is 0.543. The Morgan fingerprint density at radius 1 is 1.10 bits per heavy atom. The molecule has 29 heavy (non-hydrogen) atoms. The second kappa shape index (κ2) is 7.32. The summed E-state index contributed by atoms with van der Waals surface area (Å²) in [6.45, 7) is 0.165. The van der Waals surface area contributed by atoms with Crippen molar-refractivity contribution in [3.63, 3.8) is 0 Å². The van der Waals surface area contributed by atoms with Gasteiger partial charge in [-0.1, -0.05) is 30.3 Å². The van der Waals surface area contributed by atoms with Crippen molar-refractivity contribution in [3.05, 3.63) is 53.9 Å². The van der Waals surface area contributed by atoms with E-state index < -0.39 is 0 Å². The normalized spacial score (nSPS) is 12.1. The molecule has 4 aromatic rings. The van der Waals surface area contributed by atoms with Crippen LogP contribution in [0, 0.1) is 0 Å². The molecule has 0 radical (unpaired) electrons. The van der Waals surface area contributed by atoms with E-state index >= 15 is 0 Å². The summed E-state index contributed by atoms with van der Waals surface area (Å²) in [5.41, 5.74) is 2.47. The van der Waals surface area contributed by atoms with E-state index in [0.717, 1.165) is 16.8 Å². The number of nitrogens with zero attached hydrogens (tertiary/aromatic N) is 5. The van der Waals surface area contributed by atoms with Gasteiger partial charge < -0.3 is 14.8 Å². The molecule has 2 aromatic carbocycles. The number of ether oxygens (including phenoxy) is 2. The summed E-state index contributed by atoms with van der Waals surface area (Å²) in [7, 11) is 0. The Balaban J connectivity index is 1.24. The maximum Gasteiger partial charge on any atom is 0.249 e. The molecule has 0 atom stereocenters.